The molecule has 33 heavy (non-hydrogen) atoms. The molecule has 1 saturated heterocycles. The number of hydrogen-bond donors (Lipinski definition) is 2. The first-order valence-electron chi connectivity index (χ1n) is 11.2. The van der Waals surface area contributed by atoms with Gasteiger partial charge in [0.1, 0.15) is 17.3 Å². The zero-order valence-electron chi connectivity index (χ0n) is 18.5. The van der Waals surface area contributed by atoms with Crippen molar-refractivity contribution in [2.45, 2.75) is 37.8 Å². The first-order chi connectivity index (χ1) is 16.0. The van der Waals surface area contributed by atoms with E-state index in [9.17, 15) is 19.4 Å². The van der Waals surface area contributed by atoms with Crippen LogP contribution in [0.3, 0.4) is 0 Å². The zero-order valence-corrected chi connectivity index (χ0v) is 18.5. The maximum absolute atomic E-state index is 13.2. The molecule has 0 radical (unpaired) electrons. The highest BCUT2D eigenvalue weighted by molar-refractivity contribution is 5.97. The largest absolute Gasteiger partial charge is 0.507 e. The molecule has 5 nitrogen and oxygen atoms in total. The number of halogens is 1. The van der Waals surface area contributed by atoms with Gasteiger partial charge in [-0.15, -0.1) is 0 Å². The highest BCUT2D eigenvalue weighted by atomic mass is 19.1. The maximum atomic E-state index is 13.2. The molecule has 0 saturated carbocycles. The van der Waals surface area contributed by atoms with Crippen molar-refractivity contribution < 1.29 is 24.1 Å². The fourth-order valence-electron chi connectivity index (χ4n) is 4.67. The second-order valence-electron chi connectivity index (χ2n) is 8.43. The summed E-state index contributed by atoms with van der Waals surface area (Å²) in [5, 5.41) is 21.2. The van der Waals surface area contributed by atoms with E-state index >= 15 is 0 Å². The summed E-state index contributed by atoms with van der Waals surface area (Å²) < 4.78 is 18.4. The molecule has 1 heterocycles. The Kier molecular flexibility index (Phi) is 6.94. The topological polar surface area (TPSA) is 70.0 Å². The van der Waals surface area contributed by atoms with E-state index in [1.807, 2.05) is 36.4 Å². The number of carbonyl (C=O) groups excluding carboxylic acids is 1. The number of hydrogen-bond acceptors (Lipinski definition) is 4. The molecule has 172 valence electrons. The highest BCUT2D eigenvalue weighted by Gasteiger charge is 2.42. The van der Waals surface area contributed by atoms with Crippen LogP contribution in [0.25, 0.3) is 0 Å². The van der Waals surface area contributed by atoms with Crippen LogP contribution in [0.4, 0.5) is 10.1 Å². The first-order valence-corrected chi connectivity index (χ1v) is 11.2. The Balaban J connectivity index is 1.55. The van der Waals surface area contributed by atoms with Crippen molar-refractivity contribution in [1.82, 2.24) is 0 Å². The third kappa shape index (κ3) is 5.01. The van der Waals surface area contributed by atoms with E-state index in [1.54, 1.807) is 36.3 Å². The number of carbonyl (C=O) groups is 1. The summed E-state index contributed by atoms with van der Waals surface area (Å²) in [6.45, 7) is 0. The van der Waals surface area contributed by atoms with Gasteiger partial charge in [0.15, 0.2) is 0 Å². The summed E-state index contributed by atoms with van der Waals surface area (Å²) >= 11 is 0. The van der Waals surface area contributed by atoms with Gasteiger partial charge in [0.05, 0.1) is 19.3 Å². The number of amides is 1. The Labute approximate surface area is 193 Å². The van der Waals surface area contributed by atoms with E-state index < -0.39 is 6.10 Å². The van der Waals surface area contributed by atoms with Gasteiger partial charge in [0, 0.05) is 23.7 Å². The maximum Gasteiger partial charge on any atom is 0.227 e. The van der Waals surface area contributed by atoms with E-state index in [1.165, 1.54) is 12.1 Å². The lowest BCUT2D eigenvalue weighted by Crippen LogP contribution is -2.28. The number of benzene rings is 3. The van der Waals surface area contributed by atoms with Gasteiger partial charge in [0.2, 0.25) is 5.91 Å². The number of methoxy groups -OCH3 is 1. The third-order valence-corrected chi connectivity index (χ3v) is 6.33. The molecule has 1 amide bonds. The average molecular weight is 450 g/mol. The van der Waals surface area contributed by atoms with Gasteiger partial charge in [-0.2, -0.15) is 0 Å². The molecule has 6 heteroatoms. The molecule has 3 aromatic carbocycles. The number of phenolic OH excluding ortho intramolecular Hbond substituents is 1. The van der Waals surface area contributed by atoms with Crippen molar-refractivity contribution in [3.63, 3.8) is 0 Å². The van der Waals surface area contributed by atoms with E-state index in [4.69, 9.17) is 4.74 Å². The lowest BCUT2D eigenvalue weighted by molar-refractivity contribution is -0.117. The van der Waals surface area contributed by atoms with Gasteiger partial charge in [-0.25, -0.2) is 4.39 Å². The van der Waals surface area contributed by atoms with Crippen molar-refractivity contribution in [2.75, 3.05) is 12.0 Å². The summed E-state index contributed by atoms with van der Waals surface area (Å²) in [5.41, 5.74) is 2.14. The summed E-state index contributed by atoms with van der Waals surface area (Å²) in [4.78, 5) is 14.9. The Morgan fingerprint density at radius 2 is 1.82 bits per heavy atom. The minimum atomic E-state index is -0.694. The predicted octanol–water partition coefficient (Wildman–Crippen LogP) is 5.54. The molecule has 0 bridgehead atoms. The quantitative estimate of drug-likeness (QED) is 0.474. The van der Waals surface area contributed by atoms with Gasteiger partial charge < -0.3 is 19.8 Å². The van der Waals surface area contributed by atoms with Crippen LogP contribution in [0.5, 0.6) is 11.5 Å². The smallest absolute Gasteiger partial charge is 0.227 e. The van der Waals surface area contributed by atoms with Crippen LogP contribution in [0, 0.1) is 11.7 Å². The van der Waals surface area contributed by atoms with Gasteiger partial charge in [0.25, 0.3) is 0 Å². The minimum Gasteiger partial charge on any atom is -0.507 e. The minimum absolute atomic E-state index is 0.00509. The van der Waals surface area contributed by atoms with Crippen molar-refractivity contribution in [3.8, 4) is 11.5 Å². The summed E-state index contributed by atoms with van der Waals surface area (Å²) in [7, 11) is 1.54. The Morgan fingerprint density at radius 1 is 1.09 bits per heavy atom. The molecule has 1 aliphatic rings. The fourth-order valence-corrected chi connectivity index (χ4v) is 4.67. The molecule has 0 unspecified atom stereocenters. The molecule has 2 N–H and O–H groups in total. The monoisotopic (exact) mass is 449 g/mol. The molecule has 4 rings (SSSR count). The third-order valence-electron chi connectivity index (χ3n) is 6.33. The number of aromatic hydroxyl groups is 1. The molecule has 3 atom stereocenters. The standard InChI is InChI=1S/C27H28FNO4/c1-33-22-14-15-23(25(31)17-22)27-19(16-26(32)29(27)21-7-3-2-4-8-21)6-5-9-24(30)18-10-12-20(28)13-11-18/h2-4,7-8,10-15,17,19,24,27,30-31H,5-6,9,16H2,1H3/t19-,24+,27+/m1/s1. The van der Waals surface area contributed by atoms with E-state index in [2.05, 4.69) is 0 Å². The van der Waals surface area contributed by atoms with Gasteiger partial charge in [-0.1, -0.05) is 36.8 Å². The Hall–Kier alpha value is -3.38. The average Bonchev–Trinajstić information content (AvgIpc) is 3.15. The van der Waals surface area contributed by atoms with E-state index in [0.29, 0.717) is 42.6 Å². The summed E-state index contributed by atoms with van der Waals surface area (Å²) in [6, 6.07) is 20.2. The number of phenols is 1. The lowest BCUT2D eigenvalue weighted by atomic mass is 9.88. The van der Waals surface area contributed by atoms with Crippen LogP contribution in [0.1, 0.15) is 49.0 Å². The fraction of sp³-hybridized carbons (Fsp3) is 0.296. The Bertz CT molecular complexity index is 1090. The molecule has 1 fully saturated rings. The van der Waals surface area contributed by atoms with Crippen molar-refractivity contribution in [2.24, 2.45) is 5.92 Å². The summed E-state index contributed by atoms with van der Waals surface area (Å²) in [5.74, 6) is 0.276. The number of nitrogens with zero attached hydrogens (tertiary/aromatic N) is 1. The van der Waals surface area contributed by atoms with Crippen molar-refractivity contribution in [3.05, 3.63) is 89.7 Å². The van der Waals surface area contributed by atoms with Gasteiger partial charge in [-0.3, -0.25) is 4.79 Å². The second kappa shape index (κ2) is 10.0. The molecule has 0 aromatic heterocycles. The van der Waals surface area contributed by atoms with E-state index in [-0.39, 0.29) is 29.4 Å². The molecule has 1 aliphatic heterocycles. The van der Waals surface area contributed by atoms with E-state index in [0.717, 1.165) is 5.69 Å². The first kappa shape index (κ1) is 22.8. The number of para-hydroxylation sites is 1. The highest BCUT2D eigenvalue weighted by Crippen LogP contribution is 2.46. The molecule has 3 aromatic rings. The van der Waals surface area contributed by atoms with Gasteiger partial charge >= 0.3 is 0 Å². The molecular formula is C27H28FNO4. The molecule has 0 spiro atoms. The Morgan fingerprint density at radius 3 is 2.48 bits per heavy atom. The SMILES string of the molecule is COc1ccc([C@@H]2[C@H](CCC[C@H](O)c3ccc(F)cc3)CC(=O)N2c2ccccc2)c(O)c1. The van der Waals surface area contributed by atoms with Crippen LogP contribution < -0.4 is 9.64 Å². The zero-order chi connectivity index (χ0) is 23.4. The summed E-state index contributed by atoms with van der Waals surface area (Å²) in [6.07, 6.45) is 1.55. The number of anilines is 1. The lowest BCUT2D eigenvalue weighted by Gasteiger charge is -2.29. The van der Waals surface area contributed by atoms with Crippen LogP contribution >= 0.6 is 0 Å². The molecule has 0 aliphatic carbocycles. The second-order valence-corrected chi connectivity index (χ2v) is 8.43. The number of aliphatic hydroxyl groups is 1. The van der Waals surface area contributed by atoms with Crippen molar-refractivity contribution in [1.29, 1.82) is 0 Å². The number of rotatable bonds is 8. The normalized spacial score (nSPS) is 19.0. The van der Waals surface area contributed by atoms with Crippen molar-refractivity contribution >= 4 is 11.6 Å². The van der Waals surface area contributed by atoms with Crippen LogP contribution in [-0.2, 0) is 4.79 Å². The number of ether oxygens (including phenoxy) is 1. The predicted molar refractivity (Wildman–Crippen MR) is 125 cm³/mol. The molecular weight excluding hydrogens is 421 g/mol. The van der Waals surface area contributed by atoms with Crippen LogP contribution in [-0.4, -0.2) is 23.2 Å². The van der Waals surface area contributed by atoms with Gasteiger partial charge in [-0.05, 0) is 60.7 Å². The van der Waals surface area contributed by atoms with Crippen LogP contribution in [0.15, 0.2) is 72.8 Å². The number of aliphatic hydroxyl groups excluding tert-OH is 1. The van der Waals surface area contributed by atoms with Crippen LogP contribution in [0.2, 0.25) is 0 Å².